The molecule has 0 spiro atoms. The number of H-pyrrole nitrogens is 1. The van der Waals surface area contributed by atoms with Gasteiger partial charge in [0, 0.05) is 35.8 Å². The van der Waals surface area contributed by atoms with Crippen LogP contribution in [0.3, 0.4) is 0 Å². The molecule has 7 heterocycles. The third kappa shape index (κ3) is 23.6. The normalized spacial score (nSPS) is 26.9. The molecule has 25 atom stereocenters. The largest absolute Gasteiger partial charge is 0.441 e. The maximum absolute atomic E-state index is 15.3. The first-order valence-corrected chi connectivity index (χ1v) is 36.3. The van der Waals surface area contributed by atoms with Gasteiger partial charge in [0.25, 0.3) is 11.8 Å². The van der Waals surface area contributed by atoms with Crippen LogP contribution < -0.4 is 77.4 Å². The molecule has 3 saturated heterocycles. The van der Waals surface area contributed by atoms with Gasteiger partial charge in [0.15, 0.2) is 36.2 Å². The number of nitrogens with one attached hydrogen (secondary N) is 8. The zero-order chi connectivity index (χ0) is 81.1. The molecule has 110 heavy (non-hydrogen) atoms. The first kappa shape index (κ1) is 89.2. The van der Waals surface area contributed by atoms with Crippen molar-refractivity contribution < 1.29 is 128 Å². The number of amides is 8. The van der Waals surface area contributed by atoms with Crippen LogP contribution in [0.2, 0.25) is 0 Å². The van der Waals surface area contributed by atoms with Crippen LogP contribution >= 0.6 is 22.7 Å². The number of hydrogen-bond donors (Lipinski definition) is 26. The summed E-state index contributed by atoms with van der Waals surface area (Å²) in [5, 5.41) is 144. The number of rotatable bonds is 41. The number of nitrogen functional groups attached to an aromatic ring is 1. The molecular weight excluding hydrogens is 1500 g/mol. The monoisotopic (exact) mass is 1600 g/mol. The predicted octanol–water partition coefficient (Wildman–Crippen LogP) is -10.9. The summed E-state index contributed by atoms with van der Waals surface area (Å²) in [4.78, 5) is 132. The van der Waals surface area contributed by atoms with Crippen LogP contribution in [0.5, 0.6) is 0 Å². The molecule has 3 aliphatic rings. The lowest BCUT2D eigenvalue weighted by Crippen LogP contribution is -2.65. The molecule has 0 bridgehead atoms. The second-order valence-electron chi connectivity index (χ2n) is 26.1. The summed E-state index contributed by atoms with van der Waals surface area (Å²) >= 11 is 1.99. The van der Waals surface area contributed by atoms with Gasteiger partial charge in [-0.25, -0.2) is 29.7 Å². The van der Waals surface area contributed by atoms with Crippen molar-refractivity contribution in [1.29, 1.82) is 0 Å². The number of aromatic nitrogens is 6. The van der Waals surface area contributed by atoms with E-state index in [2.05, 4.69) is 67.1 Å². The molecule has 3 aliphatic heterocycles. The van der Waals surface area contributed by atoms with Gasteiger partial charge >= 0.3 is 6.09 Å². The van der Waals surface area contributed by atoms with E-state index < -0.39 is 250 Å². The van der Waals surface area contributed by atoms with Crippen molar-refractivity contribution in [3.05, 3.63) is 56.8 Å². The Labute approximate surface area is 634 Å². The molecule has 3 fully saturated rings. The molecule has 25 unspecified atom stereocenters. The van der Waals surface area contributed by atoms with Crippen molar-refractivity contribution in [3.8, 4) is 10.7 Å². The number of thiazole rings is 2. The molecule has 4 aromatic heterocycles. The summed E-state index contributed by atoms with van der Waals surface area (Å²) in [6.07, 6.45) is -35.4. The minimum absolute atomic E-state index is 0.103. The topological polar surface area (TPSA) is 770 Å². The van der Waals surface area contributed by atoms with Crippen LogP contribution in [0, 0.1) is 6.92 Å². The van der Waals surface area contributed by atoms with E-state index in [1.165, 1.54) is 19.2 Å². The summed E-state index contributed by atoms with van der Waals surface area (Å²) < 4.78 is 40.4. The molecule has 7 rings (SSSR count). The predicted molar refractivity (Wildman–Crippen MR) is 377 cm³/mol. The summed E-state index contributed by atoms with van der Waals surface area (Å²) in [5.74, 6) is -8.28. The third-order valence-electron chi connectivity index (χ3n) is 17.8. The van der Waals surface area contributed by atoms with Gasteiger partial charge in [-0.1, -0.05) is 0 Å². The fraction of sp³-hybridized carbons (Fsp3) is 0.661. The average molecular weight is 1600 g/mol. The Morgan fingerprint density at radius 1 is 0.718 bits per heavy atom. The first-order chi connectivity index (χ1) is 52.1. The molecular formula is C62H98N20O26S2. The van der Waals surface area contributed by atoms with Gasteiger partial charge in [0.2, 0.25) is 29.5 Å². The van der Waals surface area contributed by atoms with Crippen molar-refractivity contribution >= 4 is 75.9 Å². The number of aliphatic hydroxyl groups excluding tert-OH is 11. The Bertz CT molecular complexity index is 3690. The average Bonchev–Trinajstić information content (AvgIpc) is 0.815. The Kier molecular flexibility index (Phi) is 33.7. The first-order valence-electron chi connectivity index (χ1n) is 34.6. The molecule has 0 aromatic carbocycles. The minimum Gasteiger partial charge on any atom is -0.441 e. The maximum atomic E-state index is 15.3. The number of ether oxygens (including phenoxy) is 7. The van der Waals surface area contributed by atoms with E-state index in [0.29, 0.717) is 26.1 Å². The number of carbonyl (C=O) groups excluding carboxylic acids is 8. The highest BCUT2D eigenvalue weighted by Crippen LogP contribution is 2.36. The highest BCUT2D eigenvalue weighted by atomic mass is 32.1. The molecule has 4 aromatic rings. The Morgan fingerprint density at radius 3 is 2.05 bits per heavy atom. The second-order valence-corrected chi connectivity index (χ2v) is 27.8. The van der Waals surface area contributed by atoms with Crippen LogP contribution in [0.4, 0.5) is 10.6 Å². The van der Waals surface area contributed by atoms with Gasteiger partial charge in [-0.15, -0.1) is 22.7 Å². The van der Waals surface area contributed by atoms with Crippen LogP contribution in [0.1, 0.15) is 114 Å². The Hall–Kier alpha value is -7.97. The molecule has 0 aliphatic carbocycles. The SMILES string of the molecule is Cc1c(N)nc(C(CC(N)=O)NCC(N)C(N)=O)nc1C(=O)NC(C(=O)NC(C)C(O)CC(=O)NC(C(=O)NC(OC1OC(C)C(N)C(O)C1O)C(O)c1csc(-c2csc(C(=O)NCCCNCCCCN)n2)n1)C(C)O)C(OC1OC(CO)C(O)C(O)C1OC1OC(CO)C(O)C(OC(N)=O)C1O)c1cnc[nH]1. The highest BCUT2D eigenvalue weighted by molar-refractivity contribution is 7.14. The summed E-state index contributed by atoms with van der Waals surface area (Å²) in [6.45, 7) is 4.86. The van der Waals surface area contributed by atoms with Gasteiger partial charge in [0.1, 0.15) is 107 Å². The molecule has 0 saturated carbocycles. The fourth-order valence-corrected chi connectivity index (χ4v) is 13.0. The summed E-state index contributed by atoms with van der Waals surface area (Å²) in [7, 11) is 0. The maximum Gasteiger partial charge on any atom is 0.404 e. The van der Waals surface area contributed by atoms with Crippen molar-refractivity contribution in [2.75, 3.05) is 51.7 Å². The Morgan fingerprint density at radius 2 is 1.40 bits per heavy atom. The lowest BCUT2D eigenvalue weighted by molar-refractivity contribution is -0.372. The molecule has 0 radical (unpaired) electrons. The van der Waals surface area contributed by atoms with E-state index >= 15 is 9.59 Å². The lowest BCUT2D eigenvalue weighted by Gasteiger charge is -2.47. The third-order valence-corrected chi connectivity index (χ3v) is 19.5. The van der Waals surface area contributed by atoms with Crippen molar-refractivity contribution in [2.24, 2.45) is 34.4 Å². The lowest BCUT2D eigenvalue weighted by atomic mass is 9.97. The van der Waals surface area contributed by atoms with E-state index in [-0.39, 0.29) is 32.7 Å². The number of nitrogens with zero attached hydrogens (tertiary/aromatic N) is 5. The number of imidazole rings is 1. The van der Waals surface area contributed by atoms with Crippen LogP contribution in [-0.4, -0.2) is 314 Å². The van der Waals surface area contributed by atoms with Crippen molar-refractivity contribution in [1.82, 2.24) is 67.1 Å². The van der Waals surface area contributed by atoms with Gasteiger partial charge in [-0.2, -0.15) is 0 Å². The number of carbonyl (C=O) groups is 8. The number of anilines is 1. The summed E-state index contributed by atoms with van der Waals surface area (Å²) in [5.41, 5.74) is 38.8. The van der Waals surface area contributed by atoms with E-state index in [0.717, 1.165) is 68.4 Å². The van der Waals surface area contributed by atoms with Crippen molar-refractivity contribution in [2.45, 2.75) is 213 Å². The standard InChI is InChI=1S/C62H98N20O26S2/c1-21-36(79-51(81-49(21)67)26(12-33(65)87)73-14-25(64)50(68)96)52(97)80-38(46(27-15-71-20-74-27)105-61-48(43(93)40(90)31(16-83)104-61)106-60-45(95)47(107-62(69)101)41(91)32(17-84)103-60)54(99)75-22(2)30(86)13-34(88)78-37(23(3)85)53(98)82-56(108-59-44(94)42(92)35(66)24(4)102-59)39(89)28-18-109-57(76-28)29-19-110-58(77-29)55(100)72-11-7-10-70-9-6-5-8-63/h15,18-20,22-26,30-32,35,37-48,56,59-61,70,73,83-86,89-95H,5-14,16-17,63-64,66H2,1-4H3,(H2,65,87)(H2,68,96)(H2,69,101)(H,71,74)(H,72,100)(H,75,99)(H,78,88)(H,80,97)(H,82,98)(H2,67,79,81). The zero-order valence-corrected chi connectivity index (χ0v) is 61.5. The fourth-order valence-electron chi connectivity index (χ4n) is 11.4. The van der Waals surface area contributed by atoms with Crippen LogP contribution in [-0.2, 0) is 57.1 Å². The number of nitrogens with two attached hydrogens (primary N) is 7. The second kappa shape index (κ2) is 41.5. The number of aromatic amines is 1. The Balaban J connectivity index is 1.16. The van der Waals surface area contributed by atoms with Gasteiger partial charge in [-0.3, -0.25) is 33.6 Å². The zero-order valence-electron chi connectivity index (χ0n) is 59.9. The molecule has 33 N–H and O–H groups in total. The van der Waals surface area contributed by atoms with Gasteiger partial charge in [-0.05, 0) is 66.6 Å². The minimum atomic E-state index is -2.26. The van der Waals surface area contributed by atoms with Gasteiger partial charge < -0.3 is 172 Å². The van der Waals surface area contributed by atoms with E-state index in [9.17, 15) is 84.9 Å². The van der Waals surface area contributed by atoms with Crippen molar-refractivity contribution in [3.63, 3.8) is 0 Å². The molecule has 48 heteroatoms. The molecule has 46 nitrogen and oxygen atoms in total. The smallest absolute Gasteiger partial charge is 0.404 e. The molecule has 614 valence electrons. The van der Waals surface area contributed by atoms with Crippen LogP contribution in [0.15, 0.2) is 23.3 Å². The van der Waals surface area contributed by atoms with Crippen LogP contribution in [0.25, 0.3) is 10.7 Å². The number of hydrogen-bond acceptors (Lipinski definition) is 39. The van der Waals surface area contributed by atoms with Gasteiger partial charge in [0.05, 0.1) is 86.0 Å². The van der Waals surface area contributed by atoms with E-state index in [1.807, 2.05) is 0 Å². The number of unbranched alkanes of at least 4 members (excludes halogenated alkanes) is 1. The number of aliphatic hydroxyl groups is 11. The number of primary amides is 3. The summed E-state index contributed by atoms with van der Waals surface area (Å²) in [6, 6.07) is -9.67. The van der Waals surface area contributed by atoms with E-state index in [1.54, 1.807) is 5.38 Å². The highest BCUT2D eigenvalue weighted by Gasteiger charge is 2.54. The van der Waals surface area contributed by atoms with E-state index in [4.69, 9.17) is 73.3 Å². The molecule has 8 amide bonds. The quantitative estimate of drug-likeness (QED) is 0.0145.